The number of piperazine rings is 1. The quantitative estimate of drug-likeness (QED) is 0.555. The molecule has 3 aliphatic rings. The first kappa shape index (κ1) is 15.8. The summed E-state index contributed by atoms with van der Waals surface area (Å²) in [5.41, 5.74) is 3.74. The zero-order valence-electron chi connectivity index (χ0n) is 13.4. The van der Waals surface area contributed by atoms with Gasteiger partial charge in [-0.3, -0.25) is 4.79 Å². The number of nitrogens with zero attached hydrogens (tertiary/aromatic N) is 3. The van der Waals surface area contributed by atoms with E-state index in [4.69, 9.17) is 0 Å². The predicted molar refractivity (Wildman–Crippen MR) is 92.7 cm³/mol. The van der Waals surface area contributed by atoms with Crippen molar-refractivity contribution in [1.29, 1.82) is 0 Å². The Hall–Kier alpha value is -1.07. The summed E-state index contributed by atoms with van der Waals surface area (Å²) in [5, 5.41) is 0. The van der Waals surface area contributed by atoms with Crippen LogP contribution >= 0.6 is 15.9 Å². The number of amides is 1. The number of rotatable bonds is 2. The number of hydrogen-bond acceptors (Lipinski definition) is 3. The summed E-state index contributed by atoms with van der Waals surface area (Å²) < 4.78 is -0.200. The van der Waals surface area contributed by atoms with Crippen LogP contribution in [0.1, 0.15) is 19.8 Å². The van der Waals surface area contributed by atoms with E-state index < -0.39 is 0 Å². The topological polar surface area (TPSA) is 26.8 Å². The van der Waals surface area contributed by atoms with Crippen LogP contribution in [0, 0.1) is 0 Å². The van der Waals surface area contributed by atoms with Gasteiger partial charge in [-0.1, -0.05) is 22.0 Å². The number of allylic oxidation sites excluding steroid dienone is 2. The maximum atomic E-state index is 11.9. The summed E-state index contributed by atoms with van der Waals surface area (Å²) >= 11 is 3.93. The molecule has 1 unspecified atom stereocenters. The van der Waals surface area contributed by atoms with E-state index in [1.807, 2.05) is 11.0 Å². The Kier molecular flexibility index (Phi) is 4.21. The number of hydrogen-bond donors (Lipinski definition) is 0. The smallest absolute Gasteiger partial charge is 0.223 e. The molecule has 120 valence electrons. The molecule has 2 heterocycles. The Morgan fingerprint density at radius 2 is 2.00 bits per heavy atom. The third kappa shape index (κ3) is 2.65. The molecule has 0 saturated carbocycles. The standard InChI is InChI=1S/C17H24BrN3O/c1-4-17(18)12-14-5-6-21(13(2)22)15(14)11-16(17)20-9-7-19(3)8-10-20/h4,11H,1,5-10,12H2,2-3H3. The summed E-state index contributed by atoms with van der Waals surface area (Å²) in [7, 11) is 2.16. The molecule has 1 fully saturated rings. The van der Waals surface area contributed by atoms with Gasteiger partial charge in [0.15, 0.2) is 0 Å². The van der Waals surface area contributed by atoms with E-state index in [9.17, 15) is 4.79 Å². The van der Waals surface area contributed by atoms with Crippen molar-refractivity contribution in [2.75, 3.05) is 39.8 Å². The van der Waals surface area contributed by atoms with Crippen LogP contribution in [-0.2, 0) is 4.79 Å². The highest BCUT2D eigenvalue weighted by Crippen LogP contribution is 2.46. The molecule has 0 N–H and O–H groups in total. The first-order chi connectivity index (χ1) is 10.4. The Labute approximate surface area is 141 Å². The lowest BCUT2D eigenvalue weighted by Gasteiger charge is -2.43. The van der Waals surface area contributed by atoms with Crippen LogP contribution in [0.4, 0.5) is 0 Å². The minimum absolute atomic E-state index is 0.139. The van der Waals surface area contributed by atoms with Crippen molar-refractivity contribution in [2.45, 2.75) is 24.1 Å². The van der Waals surface area contributed by atoms with Gasteiger partial charge in [0, 0.05) is 51.0 Å². The van der Waals surface area contributed by atoms with Crippen LogP contribution in [-0.4, -0.2) is 64.7 Å². The highest BCUT2D eigenvalue weighted by molar-refractivity contribution is 9.10. The normalized spacial score (nSPS) is 29.5. The van der Waals surface area contributed by atoms with Crippen LogP contribution in [0.25, 0.3) is 0 Å². The van der Waals surface area contributed by atoms with Gasteiger partial charge in [0.05, 0.1) is 4.32 Å². The van der Waals surface area contributed by atoms with E-state index in [0.29, 0.717) is 0 Å². The summed E-state index contributed by atoms with van der Waals surface area (Å²) in [5.74, 6) is 0.139. The molecule has 0 aromatic heterocycles. The summed E-state index contributed by atoms with van der Waals surface area (Å²) in [4.78, 5) is 18.6. The van der Waals surface area contributed by atoms with Crippen molar-refractivity contribution in [2.24, 2.45) is 0 Å². The minimum atomic E-state index is -0.200. The lowest BCUT2D eigenvalue weighted by molar-refractivity contribution is -0.126. The highest BCUT2D eigenvalue weighted by Gasteiger charge is 2.40. The first-order valence-electron chi connectivity index (χ1n) is 7.93. The average Bonchev–Trinajstić information content (AvgIpc) is 2.90. The van der Waals surface area contributed by atoms with Gasteiger partial charge in [-0.15, -0.1) is 6.58 Å². The Morgan fingerprint density at radius 1 is 1.32 bits per heavy atom. The van der Waals surface area contributed by atoms with Crippen molar-refractivity contribution >= 4 is 21.8 Å². The monoisotopic (exact) mass is 365 g/mol. The first-order valence-corrected chi connectivity index (χ1v) is 8.72. The number of carbonyl (C=O) groups is 1. The van der Waals surface area contributed by atoms with Crippen LogP contribution in [0.2, 0.25) is 0 Å². The van der Waals surface area contributed by atoms with Gasteiger partial charge in [0.25, 0.3) is 0 Å². The van der Waals surface area contributed by atoms with E-state index in [1.54, 1.807) is 6.92 Å². The largest absolute Gasteiger partial charge is 0.371 e. The van der Waals surface area contributed by atoms with Crippen molar-refractivity contribution in [1.82, 2.24) is 14.7 Å². The molecule has 1 saturated heterocycles. The van der Waals surface area contributed by atoms with E-state index >= 15 is 0 Å². The molecule has 0 bridgehead atoms. The summed E-state index contributed by atoms with van der Waals surface area (Å²) in [6.45, 7) is 10.7. The molecule has 5 heteroatoms. The summed E-state index contributed by atoms with van der Waals surface area (Å²) in [6, 6.07) is 0. The fourth-order valence-electron chi connectivity index (χ4n) is 3.60. The van der Waals surface area contributed by atoms with Crippen molar-refractivity contribution in [3.8, 4) is 0 Å². The Morgan fingerprint density at radius 3 is 2.59 bits per heavy atom. The van der Waals surface area contributed by atoms with Gasteiger partial charge in [-0.2, -0.15) is 0 Å². The molecular formula is C17H24BrN3O. The third-order valence-corrected chi connectivity index (χ3v) is 6.02. The molecule has 1 atom stereocenters. The number of alkyl halides is 1. The van der Waals surface area contributed by atoms with E-state index in [2.05, 4.69) is 45.4 Å². The van der Waals surface area contributed by atoms with Crippen LogP contribution in [0.15, 0.2) is 35.7 Å². The Balaban J connectivity index is 1.94. The van der Waals surface area contributed by atoms with Gasteiger partial charge in [-0.05, 0) is 31.5 Å². The number of halogens is 1. The van der Waals surface area contributed by atoms with Crippen molar-refractivity contribution in [3.05, 3.63) is 35.7 Å². The van der Waals surface area contributed by atoms with Gasteiger partial charge in [0.2, 0.25) is 5.91 Å². The minimum Gasteiger partial charge on any atom is -0.371 e. The van der Waals surface area contributed by atoms with Crippen LogP contribution in [0.3, 0.4) is 0 Å². The maximum Gasteiger partial charge on any atom is 0.223 e. The molecule has 2 aliphatic heterocycles. The summed E-state index contributed by atoms with van der Waals surface area (Å²) in [6.07, 6.45) is 6.11. The van der Waals surface area contributed by atoms with E-state index in [0.717, 1.165) is 51.3 Å². The van der Waals surface area contributed by atoms with Crippen molar-refractivity contribution in [3.63, 3.8) is 0 Å². The second kappa shape index (κ2) is 5.85. The molecule has 1 aliphatic carbocycles. The van der Waals surface area contributed by atoms with Gasteiger partial charge in [-0.25, -0.2) is 0 Å². The lowest BCUT2D eigenvalue weighted by atomic mass is 9.88. The average molecular weight is 366 g/mol. The second-order valence-electron chi connectivity index (χ2n) is 6.47. The lowest BCUT2D eigenvalue weighted by Crippen LogP contribution is -2.48. The molecular weight excluding hydrogens is 342 g/mol. The molecule has 22 heavy (non-hydrogen) atoms. The fourth-order valence-corrected chi connectivity index (χ4v) is 4.30. The SMILES string of the molecule is C=CC1(Br)CC2=C(C=C1N1CCN(C)CC1)N(C(C)=O)CC2. The number of likely N-dealkylation sites (N-methyl/N-ethyl adjacent to an activating group) is 1. The molecule has 1 amide bonds. The third-order valence-electron chi connectivity index (χ3n) is 5.01. The predicted octanol–water partition coefficient (Wildman–Crippen LogP) is 2.35. The molecule has 0 aromatic carbocycles. The maximum absolute atomic E-state index is 11.9. The Bertz CT molecular complexity index is 560. The zero-order chi connectivity index (χ0) is 15.9. The van der Waals surface area contributed by atoms with Crippen LogP contribution in [0.5, 0.6) is 0 Å². The van der Waals surface area contributed by atoms with Gasteiger partial charge in [0.1, 0.15) is 0 Å². The van der Waals surface area contributed by atoms with Crippen molar-refractivity contribution < 1.29 is 4.79 Å². The van der Waals surface area contributed by atoms with Gasteiger partial charge < -0.3 is 14.7 Å². The van der Waals surface area contributed by atoms with E-state index in [1.165, 1.54) is 11.3 Å². The molecule has 0 aromatic rings. The molecule has 0 spiro atoms. The van der Waals surface area contributed by atoms with E-state index in [-0.39, 0.29) is 10.2 Å². The van der Waals surface area contributed by atoms with Gasteiger partial charge >= 0.3 is 0 Å². The second-order valence-corrected chi connectivity index (χ2v) is 7.89. The highest BCUT2D eigenvalue weighted by atomic mass is 79.9. The fraction of sp³-hybridized carbons (Fsp3) is 0.588. The number of carbonyl (C=O) groups excluding carboxylic acids is 1. The molecule has 3 rings (SSSR count). The molecule has 0 radical (unpaired) electrons. The zero-order valence-corrected chi connectivity index (χ0v) is 15.0. The molecule has 4 nitrogen and oxygen atoms in total. The van der Waals surface area contributed by atoms with Crippen LogP contribution < -0.4 is 0 Å².